The molecule has 2 aromatic heterocycles. The first-order valence-electron chi connectivity index (χ1n) is 11.6. The number of nitrogens with one attached hydrogen (secondary N) is 2. The van der Waals surface area contributed by atoms with Crippen molar-refractivity contribution in [3.8, 4) is 5.75 Å². The van der Waals surface area contributed by atoms with E-state index in [4.69, 9.17) is 4.74 Å². The minimum atomic E-state index is -3.14. The van der Waals surface area contributed by atoms with Crippen LogP contribution in [0.3, 0.4) is 0 Å². The Labute approximate surface area is 222 Å². The van der Waals surface area contributed by atoms with Gasteiger partial charge in [-0.2, -0.15) is 0 Å². The Morgan fingerprint density at radius 1 is 1.00 bits per heavy atom. The second-order valence-corrected chi connectivity index (χ2v) is 11.2. The van der Waals surface area contributed by atoms with Crippen molar-refractivity contribution in [3.05, 3.63) is 70.6 Å². The predicted octanol–water partition coefficient (Wildman–Crippen LogP) is 4.10. The van der Waals surface area contributed by atoms with E-state index >= 15 is 0 Å². The second-order valence-electron chi connectivity index (χ2n) is 8.85. The molecule has 0 aliphatic carbocycles. The quantitative estimate of drug-likeness (QED) is 0.318. The van der Waals surface area contributed by atoms with Gasteiger partial charge in [-0.1, -0.05) is 30.3 Å². The van der Waals surface area contributed by atoms with Gasteiger partial charge < -0.3 is 9.72 Å². The number of nitrogens with zero attached hydrogens (tertiary/aromatic N) is 2. The monoisotopic (exact) mass is 552 g/mol. The van der Waals surface area contributed by atoms with E-state index in [1.807, 2.05) is 42.5 Å². The molecule has 0 radical (unpaired) electrons. The van der Waals surface area contributed by atoms with Crippen LogP contribution in [0.2, 0.25) is 0 Å². The zero-order valence-corrected chi connectivity index (χ0v) is 22.1. The zero-order valence-electron chi connectivity index (χ0n) is 19.7. The van der Waals surface area contributed by atoms with Crippen molar-refractivity contribution >= 4 is 56.7 Å². The average molecular weight is 554 g/mol. The highest BCUT2D eigenvalue weighted by Gasteiger charge is 2.29. The molecule has 0 atom stereocenters. The third kappa shape index (κ3) is 6.59. The summed E-state index contributed by atoms with van der Waals surface area (Å²) in [5.74, 6) is 0.787. The Morgan fingerprint density at radius 2 is 1.75 bits per heavy atom. The lowest BCUT2D eigenvalue weighted by molar-refractivity contribution is 0.222. The van der Waals surface area contributed by atoms with Gasteiger partial charge in [-0.3, -0.25) is 9.88 Å². The third-order valence-electron chi connectivity index (χ3n) is 6.40. The molecule has 1 aliphatic heterocycles. The molecule has 11 heteroatoms. The third-order valence-corrected chi connectivity index (χ3v) is 8.74. The number of H-pyrrole nitrogens is 2. The fourth-order valence-corrected chi connectivity index (χ4v) is 6.36. The molecule has 1 fully saturated rings. The second kappa shape index (κ2) is 12.1. The molecule has 8 nitrogen and oxygen atoms in total. The van der Waals surface area contributed by atoms with Crippen molar-refractivity contribution in [2.24, 2.45) is 0 Å². The topological polar surface area (TPSA) is 108 Å². The molecule has 1 aliphatic rings. The van der Waals surface area contributed by atoms with E-state index < -0.39 is 9.84 Å². The van der Waals surface area contributed by atoms with Crippen LogP contribution in [-0.2, 0) is 16.4 Å². The summed E-state index contributed by atoms with van der Waals surface area (Å²) in [6.07, 6.45) is 1.82. The van der Waals surface area contributed by atoms with Crippen molar-refractivity contribution in [3.63, 3.8) is 0 Å². The highest BCUT2D eigenvalue weighted by molar-refractivity contribution is 7.92. The lowest BCUT2D eigenvalue weighted by Gasteiger charge is -2.31. The number of piperidine rings is 1. The Balaban J connectivity index is 0.00000180. The Morgan fingerprint density at radius 3 is 2.50 bits per heavy atom. The molecule has 36 heavy (non-hydrogen) atoms. The van der Waals surface area contributed by atoms with Crippen LogP contribution in [0.25, 0.3) is 22.1 Å². The fraction of sp³-hybridized carbons (Fsp3) is 0.360. The molecular formula is C25H30Cl2N4O4S. The number of sulfone groups is 1. The fourth-order valence-electron chi connectivity index (χ4n) is 4.58. The molecule has 0 unspecified atom stereocenters. The number of likely N-dealkylation sites (tertiary alicyclic amines) is 1. The van der Waals surface area contributed by atoms with E-state index in [-0.39, 0.29) is 41.5 Å². The van der Waals surface area contributed by atoms with E-state index in [9.17, 15) is 13.2 Å². The van der Waals surface area contributed by atoms with Gasteiger partial charge in [0, 0.05) is 11.9 Å². The molecule has 1 saturated heterocycles. The van der Waals surface area contributed by atoms with Crippen molar-refractivity contribution < 1.29 is 13.2 Å². The summed E-state index contributed by atoms with van der Waals surface area (Å²) in [5, 5.41) is 0.576. The largest absolute Gasteiger partial charge is 0.494 e. The highest BCUT2D eigenvalue weighted by atomic mass is 35.5. The van der Waals surface area contributed by atoms with Crippen molar-refractivity contribution in [1.29, 1.82) is 0 Å². The summed E-state index contributed by atoms with van der Waals surface area (Å²) in [6, 6.07) is 17.6. The highest BCUT2D eigenvalue weighted by Crippen LogP contribution is 2.23. The molecule has 3 heterocycles. The Hall–Kier alpha value is -2.59. The number of hydrogen-bond donors (Lipinski definition) is 2. The number of imidazole rings is 1. The Bertz CT molecular complexity index is 1450. The van der Waals surface area contributed by atoms with Crippen LogP contribution in [0.4, 0.5) is 0 Å². The van der Waals surface area contributed by atoms with Crippen molar-refractivity contribution in [2.45, 2.75) is 31.1 Å². The van der Waals surface area contributed by atoms with E-state index in [1.54, 1.807) is 0 Å². The van der Waals surface area contributed by atoms with Crippen molar-refractivity contribution in [1.82, 2.24) is 19.9 Å². The van der Waals surface area contributed by atoms with Gasteiger partial charge in [-0.15, -0.1) is 24.8 Å². The van der Waals surface area contributed by atoms with Gasteiger partial charge >= 0.3 is 5.69 Å². The van der Waals surface area contributed by atoms with Gasteiger partial charge in [0.25, 0.3) is 0 Å². The molecule has 0 amide bonds. The summed E-state index contributed by atoms with van der Waals surface area (Å²) in [5.41, 5.74) is 2.86. The summed E-state index contributed by atoms with van der Waals surface area (Å²) < 4.78 is 31.5. The first-order chi connectivity index (χ1) is 16.5. The van der Waals surface area contributed by atoms with Crippen LogP contribution < -0.4 is 10.4 Å². The average Bonchev–Trinajstić information content (AvgIpc) is 3.20. The van der Waals surface area contributed by atoms with Gasteiger partial charge in [0.2, 0.25) is 0 Å². The van der Waals surface area contributed by atoms with Gasteiger partial charge in [0.15, 0.2) is 15.5 Å². The molecule has 194 valence electrons. The van der Waals surface area contributed by atoms with Crippen LogP contribution in [0.1, 0.15) is 24.8 Å². The molecule has 2 aromatic carbocycles. The number of rotatable bonds is 8. The number of ether oxygens (including phenoxy) is 1. The SMILES string of the molecule is Cl.Cl.O=c1[nH]c2cc3cc(OCCCS(=O)(=O)C4CCN(Cc5ccccc5)CC4)ccc3nc2[nH]1. The van der Waals surface area contributed by atoms with E-state index in [0.29, 0.717) is 42.8 Å². The number of pyridine rings is 1. The molecule has 2 N–H and O–H groups in total. The van der Waals surface area contributed by atoms with E-state index in [1.165, 1.54) is 5.56 Å². The number of fused-ring (bicyclic) bond motifs is 2. The maximum atomic E-state index is 12.8. The Kier molecular flexibility index (Phi) is 9.41. The number of benzene rings is 2. The van der Waals surface area contributed by atoms with Gasteiger partial charge in [-0.05, 0) is 62.2 Å². The van der Waals surface area contributed by atoms with Crippen molar-refractivity contribution in [2.75, 3.05) is 25.4 Å². The lowest BCUT2D eigenvalue weighted by atomic mass is 10.1. The molecule has 0 spiro atoms. The van der Waals surface area contributed by atoms with Crippen LogP contribution in [-0.4, -0.2) is 59.0 Å². The normalized spacial score (nSPS) is 14.9. The summed E-state index contributed by atoms with van der Waals surface area (Å²) in [6.45, 7) is 2.81. The maximum absolute atomic E-state index is 12.8. The first kappa shape index (κ1) is 28.0. The van der Waals surface area contributed by atoms with Gasteiger partial charge in [0.05, 0.1) is 28.6 Å². The van der Waals surface area contributed by atoms with Gasteiger partial charge in [-0.25, -0.2) is 18.2 Å². The van der Waals surface area contributed by atoms with Crippen LogP contribution in [0.15, 0.2) is 59.4 Å². The van der Waals surface area contributed by atoms with Gasteiger partial charge in [0.1, 0.15) is 5.75 Å². The lowest BCUT2D eigenvalue weighted by Crippen LogP contribution is -2.39. The number of halogens is 2. The number of hydrogen-bond acceptors (Lipinski definition) is 6. The maximum Gasteiger partial charge on any atom is 0.325 e. The van der Waals surface area contributed by atoms with E-state index in [0.717, 1.165) is 30.5 Å². The zero-order chi connectivity index (χ0) is 23.5. The molecule has 4 aromatic rings. The van der Waals surface area contributed by atoms with Crippen LogP contribution in [0, 0.1) is 0 Å². The number of aromatic amines is 2. The minimum absolute atomic E-state index is 0. The molecular weight excluding hydrogens is 523 g/mol. The summed E-state index contributed by atoms with van der Waals surface area (Å²) >= 11 is 0. The number of aromatic nitrogens is 3. The predicted molar refractivity (Wildman–Crippen MR) is 147 cm³/mol. The molecule has 0 bridgehead atoms. The first-order valence-corrected chi connectivity index (χ1v) is 13.3. The summed E-state index contributed by atoms with van der Waals surface area (Å²) in [7, 11) is -3.14. The standard InChI is InChI=1S/C25H28N4O4S.2ClH/c30-25-27-23-16-19-15-20(7-8-22(19)26-24(23)28-25)33-13-4-14-34(31,32)21-9-11-29(12-10-21)17-18-5-2-1-3-6-18;;/h1-3,5-8,15-16,21H,4,9-14,17H2,(H2,26,27,28,30);2*1H. The van der Waals surface area contributed by atoms with E-state index in [2.05, 4.69) is 32.0 Å². The summed E-state index contributed by atoms with van der Waals surface area (Å²) in [4.78, 5) is 23.6. The molecule has 0 saturated carbocycles. The smallest absolute Gasteiger partial charge is 0.325 e. The minimum Gasteiger partial charge on any atom is -0.494 e. The van der Waals surface area contributed by atoms with Crippen LogP contribution >= 0.6 is 24.8 Å². The molecule has 5 rings (SSSR count). The van der Waals surface area contributed by atoms with Crippen LogP contribution in [0.5, 0.6) is 5.75 Å².